The molecule has 1 N–H and O–H groups in total. The fourth-order valence-corrected chi connectivity index (χ4v) is 5.24. The molecule has 1 saturated carbocycles. The summed E-state index contributed by atoms with van der Waals surface area (Å²) in [5.74, 6) is -1.33. The molecule has 4 nitrogen and oxygen atoms in total. The molecule has 1 aliphatic carbocycles. The molecule has 0 radical (unpaired) electrons. The van der Waals surface area contributed by atoms with Crippen LogP contribution in [0.2, 0.25) is 0 Å². The van der Waals surface area contributed by atoms with E-state index in [4.69, 9.17) is 0 Å². The van der Waals surface area contributed by atoms with Crippen molar-refractivity contribution in [1.29, 1.82) is 0 Å². The van der Waals surface area contributed by atoms with Crippen LogP contribution in [0.4, 0.5) is 10.1 Å². The van der Waals surface area contributed by atoms with Crippen LogP contribution in [0.15, 0.2) is 52.0 Å². The highest BCUT2D eigenvalue weighted by Gasteiger charge is 2.44. The Morgan fingerprint density at radius 3 is 2.75 bits per heavy atom. The Balaban J connectivity index is 1.79. The second-order valence-corrected chi connectivity index (χ2v) is 8.26. The predicted octanol–water partition coefficient (Wildman–Crippen LogP) is 5.02. The molecule has 2 aromatic rings. The molecule has 1 fully saturated rings. The van der Waals surface area contributed by atoms with Crippen molar-refractivity contribution in [2.45, 2.75) is 39.0 Å². The third kappa shape index (κ3) is 3.33. The number of allylic oxidation sites excluding steroid dienone is 1. The molecule has 2 atom stereocenters. The molecule has 0 bridgehead atoms. The summed E-state index contributed by atoms with van der Waals surface area (Å²) in [5, 5.41) is 4.78. The lowest BCUT2D eigenvalue weighted by Gasteiger charge is -2.35. The second-order valence-electron chi connectivity index (χ2n) is 7.31. The van der Waals surface area contributed by atoms with Gasteiger partial charge in [0.15, 0.2) is 0 Å². The number of aliphatic imine (C=N–C) groups is 1. The zero-order valence-corrected chi connectivity index (χ0v) is 16.6. The Morgan fingerprint density at radius 2 is 2.04 bits per heavy atom. The number of anilines is 1. The number of Topliss-reactive ketones (excluding diaryl/α,β-unsaturated/α-hetero) is 1. The number of fused-ring (bicyclic) bond motifs is 1. The molecule has 1 unspecified atom stereocenters. The van der Waals surface area contributed by atoms with Crippen molar-refractivity contribution >= 4 is 34.4 Å². The Morgan fingerprint density at radius 1 is 1.21 bits per heavy atom. The van der Waals surface area contributed by atoms with Crippen molar-refractivity contribution < 1.29 is 14.0 Å². The Labute approximate surface area is 167 Å². The first kappa shape index (κ1) is 18.7. The van der Waals surface area contributed by atoms with Crippen molar-refractivity contribution in [3.63, 3.8) is 0 Å². The minimum Gasteiger partial charge on any atom is -0.322 e. The van der Waals surface area contributed by atoms with Gasteiger partial charge in [-0.2, -0.15) is 0 Å². The van der Waals surface area contributed by atoms with E-state index >= 15 is 0 Å². The molecule has 28 heavy (non-hydrogen) atoms. The van der Waals surface area contributed by atoms with Gasteiger partial charge in [-0.3, -0.25) is 14.6 Å². The number of halogens is 1. The third-order valence-corrected chi connectivity index (χ3v) is 6.52. The Kier molecular flexibility index (Phi) is 4.98. The van der Waals surface area contributed by atoms with Crippen LogP contribution in [0.3, 0.4) is 0 Å². The third-order valence-electron chi connectivity index (χ3n) is 5.42. The molecule has 1 aromatic heterocycles. The largest absolute Gasteiger partial charge is 0.322 e. The highest BCUT2D eigenvalue weighted by atomic mass is 32.1. The van der Waals surface area contributed by atoms with Crippen molar-refractivity contribution in [3.8, 4) is 0 Å². The summed E-state index contributed by atoms with van der Waals surface area (Å²) in [5.41, 5.74) is 3.47. The summed E-state index contributed by atoms with van der Waals surface area (Å²) in [7, 11) is 0. The highest BCUT2D eigenvalue weighted by Crippen LogP contribution is 2.45. The molecule has 1 amide bonds. The molecule has 2 heterocycles. The Bertz CT molecular complexity index is 1020. The van der Waals surface area contributed by atoms with Gasteiger partial charge in [0.25, 0.3) is 5.91 Å². The molecule has 1 aliphatic heterocycles. The van der Waals surface area contributed by atoms with Gasteiger partial charge < -0.3 is 5.32 Å². The lowest BCUT2D eigenvalue weighted by molar-refractivity contribution is -0.122. The normalized spacial score (nSPS) is 22.0. The van der Waals surface area contributed by atoms with Crippen LogP contribution < -0.4 is 5.32 Å². The molecule has 4 rings (SSSR count). The molecule has 1 aromatic carbocycles. The first-order valence-corrected chi connectivity index (χ1v) is 10.3. The van der Waals surface area contributed by atoms with E-state index in [0.717, 1.165) is 29.0 Å². The van der Waals surface area contributed by atoms with E-state index in [1.54, 1.807) is 23.5 Å². The number of aryl methyl sites for hydroxylation is 1. The van der Waals surface area contributed by atoms with Crippen molar-refractivity contribution in [3.05, 3.63) is 63.2 Å². The van der Waals surface area contributed by atoms with Gasteiger partial charge in [0.2, 0.25) is 0 Å². The van der Waals surface area contributed by atoms with Crippen LogP contribution in [0.1, 0.15) is 42.5 Å². The number of hydrogen-bond acceptors (Lipinski definition) is 4. The van der Waals surface area contributed by atoms with E-state index in [1.807, 2.05) is 25.3 Å². The molecular formula is C22H21FN2O2S. The maximum absolute atomic E-state index is 13.5. The lowest BCUT2D eigenvalue weighted by Crippen LogP contribution is -2.39. The van der Waals surface area contributed by atoms with Gasteiger partial charge in [0, 0.05) is 39.9 Å². The van der Waals surface area contributed by atoms with Crippen LogP contribution in [0.25, 0.3) is 0 Å². The zero-order chi connectivity index (χ0) is 19.8. The summed E-state index contributed by atoms with van der Waals surface area (Å²) in [6, 6.07) is 7.81. The van der Waals surface area contributed by atoms with Crippen LogP contribution in [0, 0.1) is 18.7 Å². The summed E-state index contributed by atoms with van der Waals surface area (Å²) in [6.07, 6.45) is 2.11. The standard InChI is InChI=1S/C22H21FN2O2S/c1-12-9-10-28-21(12)20-18(22(27)25-15-6-3-5-14(23)11-15)13(2)24-16-7-4-8-17(26)19(16)20/h3,5-6,9-11,19-20H,4,7-8H2,1-2H3,(H,25,27)/t19?,20-/m0/s1. The van der Waals surface area contributed by atoms with Crippen LogP contribution in [-0.4, -0.2) is 17.4 Å². The number of nitrogens with zero attached hydrogens (tertiary/aromatic N) is 1. The first-order chi connectivity index (χ1) is 13.5. The number of carbonyl (C=O) groups excluding carboxylic acids is 2. The smallest absolute Gasteiger partial charge is 0.254 e. The molecule has 144 valence electrons. The van der Waals surface area contributed by atoms with E-state index in [2.05, 4.69) is 10.3 Å². The second kappa shape index (κ2) is 7.43. The molecule has 0 saturated heterocycles. The molecular weight excluding hydrogens is 375 g/mol. The van der Waals surface area contributed by atoms with Gasteiger partial charge in [-0.05, 0) is 61.9 Å². The monoisotopic (exact) mass is 396 g/mol. The molecule has 6 heteroatoms. The van der Waals surface area contributed by atoms with Gasteiger partial charge in [0.1, 0.15) is 11.6 Å². The summed E-state index contributed by atoms with van der Waals surface area (Å²) >= 11 is 1.56. The average Bonchev–Trinajstić information content (AvgIpc) is 3.06. The van der Waals surface area contributed by atoms with Crippen molar-refractivity contribution in [2.75, 3.05) is 5.32 Å². The van der Waals surface area contributed by atoms with Gasteiger partial charge in [0.05, 0.1) is 5.92 Å². The quantitative estimate of drug-likeness (QED) is 0.792. The SMILES string of the molecule is CC1=C(C(=O)Nc2cccc(F)c2)[C@H](c2sccc2C)C2C(=O)CCCC2=N1. The van der Waals surface area contributed by atoms with E-state index in [0.29, 0.717) is 23.4 Å². The summed E-state index contributed by atoms with van der Waals surface area (Å²) < 4.78 is 13.5. The van der Waals surface area contributed by atoms with Crippen molar-refractivity contribution in [1.82, 2.24) is 0 Å². The van der Waals surface area contributed by atoms with E-state index in [1.165, 1.54) is 12.1 Å². The minimum absolute atomic E-state index is 0.145. The highest BCUT2D eigenvalue weighted by molar-refractivity contribution is 7.10. The number of rotatable bonds is 3. The summed E-state index contributed by atoms with van der Waals surface area (Å²) in [4.78, 5) is 31.7. The van der Waals surface area contributed by atoms with Crippen molar-refractivity contribution in [2.24, 2.45) is 10.9 Å². The minimum atomic E-state index is -0.416. The fourth-order valence-electron chi connectivity index (χ4n) is 4.17. The van der Waals surface area contributed by atoms with Gasteiger partial charge in [-0.25, -0.2) is 4.39 Å². The average molecular weight is 396 g/mol. The lowest BCUT2D eigenvalue weighted by atomic mass is 9.71. The molecule has 2 aliphatic rings. The van der Waals surface area contributed by atoms with E-state index < -0.39 is 5.82 Å². The van der Waals surface area contributed by atoms with Crippen LogP contribution >= 0.6 is 11.3 Å². The number of thiophene rings is 1. The number of hydrogen-bond donors (Lipinski definition) is 1. The number of amides is 1. The van der Waals surface area contributed by atoms with Crippen LogP contribution in [0.5, 0.6) is 0 Å². The van der Waals surface area contributed by atoms with E-state index in [9.17, 15) is 14.0 Å². The number of benzene rings is 1. The topological polar surface area (TPSA) is 58.5 Å². The molecule has 0 spiro atoms. The number of nitrogens with one attached hydrogen (secondary N) is 1. The summed E-state index contributed by atoms with van der Waals surface area (Å²) in [6.45, 7) is 3.82. The van der Waals surface area contributed by atoms with Crippen LogP contribution in [-0.2, 0) is 9.59 Å². The van der Waals surface area contributed by atoms with Gasteiger partial charge in [-0.15, -0.1) is 11.3 Å². The van der Waals surface area contributed by atoms with Gasteiger partial charge >= 0.3 is 0 Å². The zero-order valence-electron chi connectivity index (χ0n) is 15.8. The Hall–Kier alpha value is -2.60. The maximum atomic E-state index is 13.5. The first-order valence-electron chi connectivity index (χ1n) is 9.37. The van der Waals surface area contributed by atoms with Gasteiger partial charge in [-0.1, -0.05) is 6.07 Å². The maximum Gasteiger partial charge on any atom is 0.254 e. The predicted molar refractivity (Wildman–Crippen MR) is 109 cm³/mol. The number of ketones is 1. The number of carbonyl (C=O) groups is 2. The fraction of sp³-hybridized carbons (Fsp3) is 0.318. The van der Waals surface area contributed by atoms with E-state index in [-0.39, 0.29) is 23.5 Å².